The zero-order valence-electron chi connectivity index (χ0n) is 12.9. The number of halogens is 1. The molecule has 0 aliphatic carbocycles. The molecule has 0 fully saturated rings. The van der Waals surface area contributed by atoms with Gasteiger partial charge in [0.1, 0.15) is 12.4 Å². The first-order chi connectivity index (χ1) is 10.9. The number of nitrogens with zero attached hydrogens (tertiary/aromatic N) is 3. The van der Waals surface area contributed by atoms with Gasteiger partial charge < -0.3 is 14.5 Å². The molecular formula is C18H20BrN3O. The van der Waals surface area contributed by atoms with Crippen LogP contribution >= 0.6 is 17.0 Å². The molecule has 0 spiro atoms. The second-order valence-electron chi connectivity index (χ2n) is 5.49. The summed E-state index contributed by atoms with van der Waals surface area (Å²) in [5, 5.41) is 0. The SMILES string of the molecule is Br.c1ccc(OCCN2C3=NCCCN3c3ccccc32)cc1. The van der Waals surface area contributed by atoms with Crippen LogP contribution < -0.4 is 14.5 Å². The molecule has 5 heteroatoms. The van der Waals surface area contributed by atoms with Crippen molar-refractivity contribution in [2.24, 2.45) is 4.99 Å². The first-order valence-electron chi connectivity index (χ1n) is 7.80. The molecule has 120 valence electrons. The molecule has 2 aliphatic heterocycles. The summed E-state index contributed by atoms with van der Waals surface area (Å²) in [6.07, 6.45) is 1.12. The normalized spacial score (nSPS) is 15.4. The maximum Gasteiger partial charge on any atom is 0.205 e. The highest BCUT2D eigenvalue weighted by Crippen LogP contribution is 2.37. The number of benzene rings is 2. The van der Waals surface area contributed by atoms with Gasteiger partial charge in [-0.2, -0.15) is 0 Å². The average Bonchev–Trinajstić information content (AvgIpc) is 2.91. The van der Waals surface area contributed by atoms with Gasteiger partial charge in [-0.1, -0.05) is 30.3 Å². The molecule has 0 saturated heterocycles. The van der Waals surface area contributed by atoms with E-state index >= 15 is 0 Å². The van der Waals surface area contributed by atoms with Crippen molar-refractivity contribution in [3.8, 4) is 5.75 Å². The van der Waals surface area contributed by atoms with Crippen molar-refractivity contribution < 1.29 is 4.74 Å². The molecule has 0 aromatic heterocycles. The van der Waals surface area contributed by atoms with Gasteiger partial charge in [0, 0.05) is 13.1 Å². The smallest absolute Gasteiger partial charge is 0.205 e. The van der Waals surface area contributed by atoms with E-state index in [4.69, 9.17) is 9.73 Å². The van der Waals surface area contributed by atoms with Gasteiger partial charge in [0.15, 0.2) is 0 Å². The van der Waals surface area contributed by atoms with Crippen molar-refractivity contribution in [1.29, 1.82) is 0 Å². The highest BCUT2D eigenvalue weighted by molar-refractivity contribution is 8.93. The third kappa shape index (κ3) is 3.06. The Morgan fingerprint density at radius 1 is 0.957 bits per heavy atom. The molecule has 2 aliphatic rings. The Hall–Kier alpha value is -2.01. The zero-order chi connectivity index (χ0) is 14.8. The van der Waals surface area contributed by atoms with Crippen LogP contribution in [-0.4, -0.2) is 32.2 Å². The molecule has 0 atom stereocenters. The van der Waals surface area contributed by atoms with Crippen LogP contribution in [0.1, 0.15) is 6.42 Å². The maximum atomic E-state index is 5.85. The second-order valence-corrected chi connectivity index (χ2v) is 5.49. The lowest BCUT2D eigenvalue weighted by Gasteiger charge is -2.26. The molecular weight excluding hydrogens is 354 g/mol. The maximum absolute atomic E-state index is 5.85. The highest BCUT2D eigenvalue weighted by Gasteiger charge is 2.33. The predicted molar refractivity (Wildman–Crippen MR) is 100 cm³/mol. The molecule has 0 unspecified atom stereocenters. The van der Waals surface area contributed by atoms with Gasteiger partial charge in [0.25, 0.3) is 0 Å². The lowest BCUT2D eigenvalue weighted by atomic mass is 10.2. The molecule has 4 rings (SSSR count). The Labute approximate surface area is 147 Å². The number of anilines is 2. The van der Waals surface area contributed by atoms with Crippen LogP contribution in [0.15, 0.2) is 59.6 Å². The summed E-state index contributed by atoms with van der Waals surface area (Å²) in [5.41, 5.74) is 2.50. The topological polar surface area (TPSA) is 28.1 Å². The number of para-hydroxylation sites is 3. The van der Waals surface area contributed by atoms with Crippen LogP contribution in [-0.2, 0) is 0 Å². The molecule has 0 bridgehead atoms. The van der Waals surface area contributed by atoms with E-state index in [0.717, 1.165) is 37.8 Å². The first kappa shape index (κ1) is 15.9. The lowest BCUT2D eigenvalue weighted by Crippen LogP contribution is -2.43. The second kappa shape index (κ2) is 7.04. The van der Waals surface area contributed by atoms with Crippen molar-refractivity contribution in [1.82, 2.24) is 0 Å². The Morgan fingerprint density at radius 2 is 1.70 bits per heavy atom. The van der Waals surface area contributed by atoms with Crippen molar-refractivity contribution in [3.05, 3.63) is 54.6 Å². The minimum atomic E-state index is 0. The van der Waals surface area contributed by atoms with E-state index in [9.17, 15) is 0 Å². The number of aliphatic imine (C=N–C) groups is 1. The van der Waals surface area contributed by atoms with Crippen molar-refractivity contribution in [3.63, 3.8) is 0 Å². The summed E-state index contributed by atoms with van der Waals surface area (Å²) < 4.78 is 5.85. The Bertz CT molecular complexity index is 690. The molecule has 0 saturated carbocycles. The van der Waals surface area contributed by atoms with E-state index in [2.05, 4.69) is 34.1 Å². The van der Waals surface area contributed by atoms with E-state index in [1.165, 1.54) is 11.4 Å². The van der Waals surface area contributed by atoms with E-state index in [-0.39, 0.29) is 17.0 Å². The van der Waals surface area contributed by atoms with E-state index in [1.807, 2.05) is 30.3 Å². The lowest BCUT2D eigenvalue weighted by molar-refractivity contribution is 0.328. The Morgan fingerprint density at radius 3 is 2.52 bits per heavy atom. The van der Waals surface area contributed by atoms with Crippen LogP contribution in [0.3, 0.4) is 0 Å². The van der Waals surface area contributed by atoms with E-state index in [1.54, 1.807) is 0 Å². The van der Waals surface area contributed by atoms with Gasteiger partial charge in [0.05, 0.1) is 17.9 Å². The Balaban J connectivity index is 0.00000156. The fourth-order valence-electron chi connectivity index (χ4n) is 3.07. The van der Waals surface area contributed by atoms with Gasteiger partial charge in [-0.25, -0.2) is 0 Å². The fourth-order valence-corrected chi connectivity index (χ4v) is 3.07. The number of ether oxygens (including phenoxy) is 1. The first-order valence-corrected chi connectivity index (χ1v) is 7.80. The van der Waals surface area contributed by atoms with Gasteiger partial charge in [-0.05, 0) is 30.7 Å². The third-order valence-electron chi connectivity index (χ3n) is 4.07. The van der Waals surface area contributed by atoms with Crippen LogP contribution in [0.25, 0.3) is 0 Å². The number of hydrogen-bond acceptors (Lipinski definition) is 4. The van der Waals surface area contributed by atoms with Gasteiger partial charge in [0.2, 0.25) is 5.96 Å². The minimum absolute atomic E-state index is 0. The van der Waals surface area contributed by atoms with Gasteiger partial charge >= 0.3 is 0 Å². The van der Waals surface area contributed by atoms with Crippen LogP contribution in [0, 0.1) is 0 Å². The number of guanidine groups is 1. The minimum Gasteiger partial charge on any atom is -0.492 e. The standard InChI is InChI=1S/C18H19N3O.BrH/c1-2-7-15(8-3-1)22-14-13-21-17-10-5-4-9-16(17)20-12-6-11-19-18(20)21;/h1-5,7-10H,6,11-14H2;1H. The monoisotopic (exact) mass is 373 g/mol. The summed E-state index contributed by atoms with van der Waals surface area (Å²) in [7, 11) is 0. The summed E-state index contributed by atoms with van der Waals surface area (Å²) in [6, 6.07) is 18.5. The number of hydrogen-bond donors (Lipinski definition) is 0. The van der Waals surface area contributed by atoms with E-state index in [0.29, 0.717) is 6.61 Å². The van der Waals surface area contributed by atoms with Crippen LogP contribution in [0.4, 0.5) is 11.4 Å². The highest BCUT2D eigenvalue weighted by atomic mass is 79.9. The molecule has 2 aromatic carbocycles. The Kier molecular flexibility index (Phi) is 4.86. The molecule has 0 amide bonds. The predicted octanol–water partition coefficient (Wildman–Crippen LogP) is 3.73. The van der Waals surface area contributed by atoms with Crippen molar-refractivity contribution >= 4 is 34.3 Å². The van der Waals surface area contributed by atoms with Gasteiger partial charge in [-0.3, -0.25) is 4.99 Å². The largest absolute Gasteiger partial charge is 0.492 e. The van der Waals surface area contributed by atoms with Crippen molar-refractivity contribution in [2.75, 3.05) is 36.0 Å². The molecule has 0 radical (unpaired) electrons. The molecule has 2 heterocycles. The summed E-state index contributed by atoms with van der Waals surface area (Å²) >= 11 is 0. The summed E-state index contributed by atoms with van der Waals surface area (Å²) in [5.74, 6) is 1.99. The number of rotatable bonds is 4. The third-order valence-corrected chi connectivity index (χ3v) is 4.07. The summed E-state index contributed by atoms with van der Waals surface area (Å²) in [6.45, 7) is 3.41. The van der Waals surface area contributed by atoms with Crippen LogP contribution in [0.2, 0.25) is 0 Å². The quantitative estimate of drug-likeness (QED) is 0.817. The summed E-state index contributed by atoms with van der Waals surface area (Å²) in [4.78, 5) is 9.32. The number of fused-ring (bicyclic) bond motifs is 3. The molecule has 0 N–H and O–H groups in total. The molecule has 23 heavy (non-hydrogen) atoms. The average molecular weight is 374 g/mol. The van der Waals surface area contributed by atoms with Crippen molar-refractivity contribution in [2.45, 2.75) is 6.42 Å². The molecule has 4 nitrogen and oxygen atoms in total. The van der Waals surface area contributed by atoms with Gasteiger partial charge in [-0.15, -0.1) is 17.0 Å². The fraction of sp³-hybridized carbons (Fsp3) is 0.278. The zero-order valence-corrected chi connectivity index (χ0v) is 14.6. The van der Waals surface area contributed by atoms with E-state index < -0.39 is 0 Å². The molecule has 2 aromatic rings. The van der Waals surface area contributed by atoms with Crippen LogP contribution in [0.5, 0.6) is 5.75 Å².